The molecule has 5 heteroatoms. The van der Waals surface area contributed by atoms with E-state index in [1.54, 1.807) is 18.2 Å². The number of hydrogen-bond donors (Lipinski definition) is 1. The highest BCUT2D eigenvalue weighted by Crippen LogP contribution is 2.28. The minimum absolute atomic E-state index is 0.0558. The number of thioether (sulfide) groups is 1. The van der Waals surface area contributed by atoms with Gasteiger partial charge in [-0.05, 0) is 44.2 Å². The number of ether oxygens (including phenoxy) is 1. The molecule has 2 aromatic carbocycles. The summed E-state index contributed by atoms with van der Waals surface area (Å²) in [7, 11) is 0. The van der Waals surface area contributed by atoms with Gasteiger partial charge < -0.3 is 10.1 Å². The molecule has 1 amide bonds. The fourth-order valence-corrected chi connectivity index (χ4v) is 2.74. The Morgan fingerprint density at radius 1 is 1.23 bits per heavy atom. The zero-order chi connectivity index (χ0) is 15.9. The van der Waals surface area contributed by atoms with Gasteiger partial charge in [0.15, 0.2) is 0 Å². The van der Waals surface area contributed by atoms with Gasteiger partial charge in [0.2, 0.25) is 5.91 Å². The van der Waals surface area contributed by atoms with Crippen LogP contribution < -0.4 is 10.1 Å². The second-order valence-corrected chi connectivity index (χ2v) is 6.42. The molecule has 0 saturated heterocycles. The quantitative estimate of drug-likeness (QED) is 0.766. The Bertz CT molecular complexity index is 632. The molecule has 0 bridgehead atoms. The van der Waals surface area contributed by atoms with Crippen LogP contribution in [0.3, 0.4) is 0 Å². The second-order valence-electron chi connectivity index (χ2n) is 4.96. The molecule has 116 valence electrons. The summed E-state index contributed by atoms with van der Waals surface area (Å²) in [5.74, 6) is 0.905. The third-order valence-electron chi connectivity index (χ3n) is 2.69. The van der Waals surface area contributed by atoms with Gasteiger partial charge in [0, 0.05) is 10.6 Å². The van der Waals surface area contributed by atoms with Crippen LogP contribution in [-0.2, 0) is 4.79 Å². The van der Waals surface area contributed by atoms with Crippen molar-refractivity contribution < 1.29 is 9.53 Å². The van der Waals surface area contributed by atoms with Gasteiger partial charge in [-0.3, -0.25) is 4.79 Å². The first-order chi connectivity index (χ1) is 10.5. The number of rotatable bonds is 6. The van der Waals surface area contributed by atoms with Crippen molar-refractivity contribution in [3.05, 3.63) is 53.6 Å². The van der Waals surface area contributed by atoms with Gasteiger partial charge in [-0.15, -0.1) is 11.8 Å². The number of halogens is 1. The smallest absolute Gasteiger partial charge is 0.234 e. The normalized spacial score (nSPS) is 10.5. The lowest BCUT2D eigenvalue weighted by molar-refractivity contribution is -0.113. The van der Waals surface area contributed by atoms with E-state index in [0.717, 1.165) is 4.90 Å². The maximum atomic E-state index is 12.0. The summed E-state index contributed by atoms with van der Waals surface area (Å²) in [4.78, 5) is 13.0. The van der Waals surface area contributed by atoms with E-state index < -0.39 is 0 Å². The van der Waals surface area contributed by atoms with Crippen LogP contribution in [0.4, 0.5) is 5.69 Å². The maximum absolute atomic E-state index is 12.0. The Labute approximate surface area is 140 Å². The molecule has 2 rings (SSSR count). The van der Waals surface area contributed by atoms with E-state index in [-0.39, 0.29) is 12.0 Å². The van der Waals surface area contributed by atoms with Gasteiger partial charge >= 0.3 is 0 Å². The van der Waals surface area contributed by atoms with Crippen LogP contribution in [0.25, 0.3) is 0 Å². The molecule has 0 heterocycles. The number of amides is 1. The number of anilines is 1. The van der Waals surface area contributed by atoms with E-state index in [1.807, 2.05) is 44.2 Å². The Morgan fingerprint density at radius 3 is 2.59 bits per heavy atom. The molecular formula is C17H18ClNO2S. The van der Waals surface area contributed by atoms with Crippen LogP contribution in [0, 0.1) is 0 Å². The fraction of sp³-hybridized carbons (Fsp3) is 0.235. The van der Waals surface area contributed by atoms with Crippen molar-refractivity contribution in [1.82, 2.24) is 0 Å². The number of nitrogens with one attached hydrogen (secondary N) is 1. The topological polar surface area (TPSA) is 38.3 Å². The van der Waals surface area contributed by atoms with Crippen LogP contribution in [-0.4, -0.2) is 17.8 Å². The SMILES string of the molecule is CC(C)Oc1ccc(NC(=O)CSc2ccccc2)cc1Cl. The summed E-state index contributed by atoms with van der Waals surface area (Å²) in [6.07, 6.45) is 0.0558. The van der Waals surface area contributed by atoms with E-state index in [0.29, 0.717) is 22.2 Å². The first-order valence-electron chi connectivity index (χ1n) is 6.98. The molecule has 2 aromatic rings. The van der Waals surface area contributed by atoms with Crippen LogP contribution >= 0.6 is 23.4 Å². The Hall–Kier alpha value is -1.65. The lowest BCUT2D eigenvalue weighted by Crippen LogP contribution is -2.14. The molecule has 0 saturated carbocycles. The summed E-state index contributed by atoms with van der Waals surface area (Å²) in [5.41, 5.74) is 0.666. The van der Waals surface area contributed by atoms with E-state index in [1.165, 1.54) is 11.8 Å². The molecule has 0 fully saturated rings. The average molecular weight is 336 g/mol. The van der Waals surface area contributed by atoms with E-state index in [4.69, 9.17) is 16.3 Å². The summed E-state index contributed by atoms with van der Waals surface area (Å²) < 4.78 is 5.56. The third-order valence-corrected chi connectivity index (χ3v) is 4.00. The minimum Gasteiger partial charge on any atom is -0.489 e. The Morgan fingerprint density at radius 2 is 1.95 bits per heavy atom. The molecule has 0 aliphatic heterocycles. The lowest BCUT2D eigenvalue weighted by Gasteiger charge is -2.12. The van der Waals surface area contributed by atoms with Crippen LogP contribution in [0.15, 0.2) is 53.4 Å². The standard InChI is InChI=1S/C17H18ClNO2S/c1-12(2)21-16-9-8-13(10-15(16)18)19-17(20)11-22-14-6-4-3-5-7-14/h3-10,12H,11H2,1-2H3,(H,19,20). The highest BCUT2D eigenvalue weighted by atomic mass is 35.5. The zero-order valence-electron chi connectivity index (χ0n) is 12.5. The summed E-state index contributed by atoms with van der Waals surface area (Å²) in [6, 6.07) is 15.1. The van der Waals surface area contributed by atoms with Gasteiger partial charge in [-0.1, -0.05) is 29.8 Å². The van der Waals surface area contributed by atoms with E-state index in [9.17, 15) is 4.79 Å². The molecule has 0 aromatic heterocycles. The monoisotopic (exact) mass is 335 g/mol. The summed E-state index contributed by atoms with van der Waals surface area (Å²) >= 11 is 7.64. The lowest BCUT2D eigenvalue weighted by atomic mass is 10.3. The van der Waals surface area contributed by atoms with Gasteiger partial charge in [-0.25, -0.2) is 0 Å². The van der Waals surface area contributed by atoms with Crippen molar-refractivity contribution in [2.45, 2.75) is 24.8 Å². The number of hydrogen-bond acceptors (Lipinski definition) is 3. The first kappa shape index (κ1) is 16.7. The molecule has 0 aliphatic carbocycles. The Kier molecular flexibility index (Phi) is 6.16. The van der Waals surface area contributed by atoms with Gasteiger partial charge in [-0.2, -0.15) is 0 Å². The molecule has 0 spiro atoms. The minimum atomic E-state index is -0.0672. The molecular weight excluding hydrogens is 318 g/mol. The number of carbonyl (C=O) groups is 1. The first-order valence-corrected chi connectivity index (χ1v) is 8.35. The van der Waals surface area contributed by atoms with Crippen LogP contribution in [0.1, 0.15) is 13.8 Å². The van der Waals surface area contributed by atoms with Crippen LogP contribution in [0.2, 0.25) is 5.02 Å². The van der Waals surface area contributed by atoms with Gasteiger partial charge in [0.05, 0.1) is 16.9 Å². The van der Waals surface area contributed by atoms with Crippen molar-refractivity contribution in [3.63, 3.8) is 0 Å². The van der Waals surface area contributed by atoms with Crippen molar-refractivity contribution in [2.75, 3.05) is 11.1 Å². The van der Waals surface area contributed by atoms with Crippen molar-refractivity contribution in [3.8, 4) is 5.75 Å². The van der Waals surface area contributed by atoms with Gasteiger partial charge in [0.1, 0.15) is 5.75 Å². The average Bonchev–Trinajstić information content (AvgIpc) is 2.49. The molecule has 1 N–H and O–H groups in total. The molecule has 0 atom stereocenters. The molecule has 3 nitrogen and oxygen atoms in total. The largest absolute Gasteiger partial charge is 0.489 e. The number of benzene rings is 2. The Balaban J connectivity index is 1.90. The highest BCUT2D eigenvalue weighted by Gasteiger charge is 2.08. The maximum Gasteiger partial charge on any atom is 0.234 e. The van der Waals surface area contributed by atoms with Gasteiger partial charge in [0.25, 0.3) is 0 Å². The molecule has 0 unspecified atom stereocenters. The second kappa shape index (κ2) is 8.11. The zero-order valence-corrected chi connectivity index (χ0v) is 14.1. The predicted octanol–water partition coefficient (Wildman–Crippen LogP) is 4.86. The molecule has 0 aliphatic rings. The van der Waals surface area contributed by atoms with E-state index in [2.05, 4.69) is 5.32 Å². The third kappa shape index (κ3) is 5.28. The molecule has 0 radical (unpaired) electrons. The van der Waals surface area contributed by atoms with E-state index >= 15 is 0 Å². The predicted molar refractivity (Wildman–Crippen MR) is 93.0 cm³/mol. The fourth-order valence-electron chi connectivity index (χ4n) is 1.79. The highest BCUT2D eigenvalue weighted by molar-refractivity contribution is 8.00. The van der Waals surface area contributed by atoms with Crippen molar-refractivity contribution in [1.29, 1.82) is 0 Å². The number of carbonyl (C=O) groups excluding carboxylic acids is 1. The van der Waals surface area contributed by atoms with Crippen LogP contribution in [0.5, 0.6) is 5.75 Å². The summed E-state index contributed by atoms with van der Waals surface area (Å²) in [6.45, 7) is 3.87. The van der Waals surface area contributed by atoms with Crippen molar-refractivity contribution in [2.24, 2.45) is 0 Å². The molecule has 22 heavy (non-hydrogen) atoms. The summed E-state index contributed by atoms with van der Waals surface area (Å²) in [5, 5.41) is 3.32. The van der Waals surface area contributed by atoms with Crippen molar-refractivity contribution >= 4 is 35.0 Å².